The molecule has 0 saturated heterocycles. The van der Waals surface area contributed by atoms with E-state index in [1.807, 2.05) is 13.8 Å². The molecule has 5 heteroatoms. The van der Waals surface area contributed by atoms with E-state index in [4.69, 9.17) is 4.52 Å². The zero-order valence-electron chi connectivity index (χ0n) is 8.98. The molecule has 0 aliphatic carbocycles. The van der Waals surface area contributed by atoms with Crippen LogP contribution >= 0.6 is 0 Å². The highest BCUT2D eigenvalue weighted by molar-refractivity contribution is 5.69. The number of rotatable bonds is 2. The van der Waals surface area contributed by atoms with Crippen LogP contribution in [0.25, 0.3) is 11.1 Å². The van der Waals surface area contributed by atoms with Crippen LogP contribution in [0.2, 0.25) is 0 Å². The summed E-state index contributed by atoms with van der Waals surface area (Å²) in [5, 5.41) is 17.3. The summed E-state index contributed by atoms with van der Waals surface area (Å²) in [6.45, 7) is 3.68. The van der Waals surface area contributed by atoms with Gasteiger partial charge < -0.3 is 9.63 Å². The first-order valence-electron chi connectivity index (χ1n) is 4.70. The Hall–Kier alpha value is -1.62. The maximum absolute atomic E-state index is 9.26. The Bertz CT molecular complexity index is 465. The molecule has 0 aliphatic rings. The highest BCUT2D eigenvalue weighted by Crippen LogP contribution is 2.29. The van der Waals surface area contributed by atoms with Gasteiger partial charge in [-0.3, -0.25) is 4.68 Å². The van der Waals surface area contributed by atoms with Gasteiger partial charge in [-0.2, -0.15) is 5.10 Å². The third kappa shape index (κ3) is 1.45. The van der Waals surface area contributed by atoms with Crippen LogP contribution in [0.4, 0.5) is 0 Å². The zero-order chi connectivity index (χ0) is 11.0. The molecule has 2 heterocycles. The molecular weight excluding hydrogens is 194 g/mol. The first kappa shape index (κ1) is 9.92. The molecule has 0 aromatic carbocycles. The van der Waals surface area contributed by atoms with E-state index >= 15 is 0 Å². The summed E-state index contributed by atoms with van der Waals surface area (Å²) in [6, 6.07) is 0. The van der Waals surface area contributed by atoms with E-state index in [-0.39, 0.29) is 6.61 Å². The molecule has 0 saturated carbocycles. The van der Waals surface area contributed by atoms with Gasteiger partial charge in [-0.05, 0) is 13.8 Å². The van der Waals surface area contributed by atoms with Crippen LogP contribution in [0, 0.1) is 13.8 Å². The number of hydrogen-bond donors (Lipinski definition) is 1. The molecule has 0 fully saturated rings. The van der Waals surface area contributed by atoms with Crippen molar-refractivity contribution in [2.24, 2.45) is 7.05 Å². The average molecular weight is 207 g/mol. The standard InChI is InChI=1S/C10H13N3O2/c1-6-10(7(2)15-12-6)8-4-11-13(3)9(8)5-14/h4,14H,5H2,1-3H3. The van der Waals surface area contributed by atoms with Crippen molar-refractivity contribution in [1.29, 1.82) is 0 Å². The Morgan fingerprint density at radius 3 is 2.73 bits per heavy atom. The monoisotopic (exact) mass is 207 g/mol. The fourth-order valence-corrected chi connectivity index (χ4v) is 1.73. The lowest BCUT2D eigenvalue weighted by Crippen LogP contribution is -1.98. The van der Waals surface area contributed by atoms with E-state index in [1.54, 1.807) is 17.9 Å². The minimum atomic E-state index is -0.0457. The summed E-state index contributed by atoms with van der Waals surface area (Å²) in [5.41, 5.74) is 3.39. The summed E-state index contributed by atoms with van der Waals surface area (Å²) in [7, 11) is 1.80. The molecule has 0 spiro atoms. The van der Waals surface area contributed by atoms with E-state index in [1.165, 1.54) is 0 Å². The van der Waals surface area contributed by atoms with Gasteiger partial charge in [0, 0.05) is 12.6 Å². The van der Waals surface area contributed by atoms with Crippen LogP contribution in [-0.2, 0) is 13.7 Å². The minimum absolute atomic E-state index is 0.0457. The lowest BCUT2D eigenvalue weighted by molar-refractivity contribution is 0.271. The van der Waals surface area contributed by atoms with Crippen LogP contribution < -0.4 is 0 Å². The summed E-state index contributed by atoms with van der Waals surface area (Å²) in [5.74, 6) is 0.746. The molecule has 2 aromatic heterocycles. The van der Waals surface area contributed by atoms with Crippen molar-refractivity contribution >= 4 is 0 Å². The summed E-state index contributed by atoms with van der Waals surface area (Å²) < 4.78 is 6.74. The Balaban J connectivity index is 2.63. The topological polar surface area (TPSA) is 64.1 Å². The van der Waals surface area contributed by atoms with E-state index in [0.29, 0.717) is 0 Å². The molecule has 15 heavy (non-hydrogen) atoms. The fourth-order valence-electron chi connectivity index (χ4n) is 1.73. The number of aliphatic hydroxyl groups excluding tert-OH is 1. The first-order valence-corrected chi connectivity index (χ1v) is 4.70. The fraction of sp³-hybridized carbons (Fsp3) is 0.400. The highest BCUT2D eigenvalue weighted by Gasteiger charge is 2.17. The number of aromatic nitrogens is 3. The normalized spacial score (nSPS) is 10.9. The summed E-state index contributed by atoms with van der Waals surface area (Å²) in [4.78, 5) is 0. The molecule has 5 nitrogen and oxygen atoms in total. The zero-order valence-corrected chi connectivity index (χ0v) is 8.98. The van der Waals surface area contributed by atoms with Crippen LogP contribution in [0.15, 0.2) is 10.7 Å². The van der Waals surface area contributed by atoms with Crippen molar-refractivity contribution in [3.63, 3.8) is 0 Å². The van der Waals surface area contributed by atoms with Gasteiger partial charge in [0.15, 0.2) is 0 Å². The molecule has 2 aromatic rings. The van der Waals surface area contributed by atoms with Gasteiger partial charge in [0.2, 0.25) is 0 Å². The van der Waals surface area contributed by atoms with Gasteiger partial charge in [0.1, 0.15) is 5.76 Å². The highest BCUT2D eigenvalue weighted by atomic mass is 16.5. The number of aryl methyl sites for hydroxylation is 3. The Morgan fingerprint density at radius 1 is 1.47 bits per heavy atom. The quantitative estimate of drug-likeness (QED) is 0.803. The van der Waals surface area contributed by atoms with Gasteiger partial charge in [-0.25, -0.2) is 0 Å². The van der Waals surface area contributed by atoms with Crippen LogP contribution in [0.3, 0.4) is 0 Å². The van der Waals surface area contributed by atoms with Crippen molar-refractivity contribution in [2.45, 2.75) is 20.5 Å². The van der Waals surface area contributed by atoms with Crippen LogP contribution in [0.5, 0.6) is 0 Å². The molecule has 2 rings (SSSR count). The Kier molecular flexibility index (Phi) is 2.32. The SMILES string of the molecule is Cc1noc(C)c1-c1cnn(C)c1CO. The smallest absolute Gasteiger partial charge is 0.141 e. The molecule has 0 amide bonds. The second-order valence-corrected chi connectivity index (χ2v) is 3.49. The van der Waals surface area contributed by atoms with Crippen LogP contribution in [-0.4, -0.2) is 20.0 Å². The molecule has 0 atom stereocenters. The van der Waals surface area contributed by atoms with E-state index in [0.717, 1.165) is 28.3 Å². The van der Waals surface area contributed by atoms with Crippen molar-refractivity contribution < 1.29 is 9.63 Å². The second-order valence-electron chi connectivity index (χ2n) is 3.49. The largest absolute Gasteiger partial charge is 0.390 e. The number of nitrogens with zero attached hydrogens (tertiary/aromatic N) is 3. The predicted octanol–water partition coefficient (Wildman–Crippen LogP) is 1.18. The van der Waals surface area contributed by atoms with E-state index in [9.17, 15) is 5.11 Å². The van der Waals surface area contributed by atoms with Crippen molar-refractivity contribution in [2.75, 3.05) is 0 Å². The average Bonchev–Trinajstić information content (AvgIpc) is 2.71. The third-order valence-electron chi connectivity index (χ3n) is 2.51. The van der Waals surface area contributed by atoms with Crippen molar-refractivity contribution in [1.82, 2.24) is 14.9 Å². The van der Waals surface area contributed by atoms with E-state index < -0.39 is 0 Å². The van der Waals surface area contributed by atoms with Gasteiger partial charge in [0.25, 0.3) is 0 Å². The summed E-state index contributed by atoms with van der Waals surface area (Å²) in [6.07, 6.45) is 1.72. The number of hydrogen-bond acceptors (Lipinski definition) is 4. The van der Waals surface area contributed by atoms with Gasteiger partial charge in [0.05, 0.1) is 29.8 Å². The molecule has 0 bridgehead atoms. The Morgan fingerprint density at radius 2 is 2.20 bits per heavy atom. The predicted molar refractivity (Wildman–Crippen MR) is 54.1 cm³/mol. The number of aliphatic hydroxyl groups is 1. The molecule has 1 N–H and O–H groups in total. The molecule has 0 aliphatic heterocycles. The van der Waals surface area contributed by atoms with Gasteiger partial charge in [-0.1, -0.05) is 5.16 Å². The summed E-state index contributed by atoms with van der Waals surface area (Å²) >= 11 is 0. The maximum atomic E-state index is 9.26. The minimum Gasteiger partial charge on any atom is -0.390 e. The second kappa shape index (κ2) is 3.51. The molecule has 0 radical (unpaired) electrons. The van der Waals surface area contributed by atoms with E-state index in [2.05, 4.69) is 10.3 Å². The third-order valence-corrected chi connectivity index (χ3v) is 2.51. The first-order chi connectivity index (χ1) is 7.15. The molecular formula is C10H13N3O2. The van der Waals surface area contributed by atoms with Crippen molar-refractivity contribution in [3.05, 3.63) is 23.3 Å². The molecule has 80 valence electrons. The van der Waals surface area contributed by atoms with Gasteiger partial charge >= 0.3 is 0 Å². The maximum Gasteiger partial charge on any atom is 0.141 e. The molecule has 0 unspecified atom stereocenters. The van der Waals surface area contributed by atoms with Gasteiger partial charge in [-0.15, -0.1) is 0 Å². The van der Waals surface area contributed by atoms with Crippen LogP contribution in [0.1, 0.15) is 17.1 Å². The lowest BCUT2D eigenvalue weighted by atomic mass is 10.1. The lowest BCUT2D eigenvalue weighted by Gasteiger charge is -2.01. The van der Waals surface area contributed by atoms with Crippen molar-refractivity contribution in [3.8, 4) is 11.1 Å². The Labute approximate surface area is 87.3 Å².